The highest BCUT2D eigenvalue weighted by Crippen LogP contribution is 2.34. The van der Waals surface area contributed by atoms with Gasteiger partial charge in [0.25, 0.3) is 0 Å². The number of hydrogen-bond donors (Lipinski definition) is 0. The second kappa shape index (κ2) is 5.26. The smallest absolute Gasteiger partial charge is 0.0538 e. The Bertz CT molecular complexity index is 640. The minimum atomic E-state index is 0.395. The summed E-state index contributed by atoms with van der Waals surface area (Å²) in [6, 6.07) is 17.9. The summed E-state index contributed by atoms with van der Waals surface area (Å²) >= 11 is 0. The molecule has 0 bridgehead atoms. The van der Waals surface area contributed by atoms with Crippen LogP contribution in [0.15, 0.2) is 54.6 Å². The average molecular weight is 263 g/mol. The van der Waals surface area contributed by atoms with Crippen molar-refractivity contribution in [3.8, 4) is 0 Å². The molecule has 1 nitrogen and oxygen atoms in total. The van der Waals surface area contributed by atoms with Gasteiger partial charge in [-0.3, -0.25) is 4.90 Å². The van der Waals surface area contributed by atoms with Crippen LogP contribution in [0.25, 0.3) is 5.57 Å². The molecule has 0 aliphatic carbocycles. The first-order valence-electron chi connectivity index (χ1n) is 7.18. The van der Waals surface area contributed by atoms with E-state index < -0.39 is 0 Å². The summed E-state index contributed by atoms with van der Waals surface area (Å²) < 4.78 is 0. The summed E-state index contributed by atoms with van der Waals surface area (Å²) in [4.78, 5) is 2.41. The van der Waals surface area contributed by atoms with Crippen LogP contribution >= 0.6 is 0 Å². The summed E-state index contributed by atoms with van der Waals surface area (Å²) in [5.74, 6) is 0. The normalized spacial score (nSPS) is 19.1. The summed E-state index contributed by atoms with van der Waals surface area (Å²) in [7, 11) is 2.20. The van der Waals surface area contributed by atoms with Crippen molar-refractivity contribution in [2.45, 2.75) is 19.9 Å². The van der Waals surface area contributed by atoms with Crippen LogP contribution < -0.4 is 0 Å². The van der Waals surface area contributed by atoms with Crippen molar-refractivity contribution in [3.05, 3.63) is 76.9 Å². The number of rotatable bonds is 2. The molecule has 1 aliphatic rings. The molecule has 0 radical (unpaired) electrons. The summed E-state index contributed by atoms with van der Waals surface area (Å²) in [5.41, 5.74) is 6.91. The second-order valence-corrected chi connectivity index (χ2v) is 5.78. The molecule has 0 spiro atoms. The van der Waals surface area contributed by atoms with Crippen LogP contribution in [0.2, 0.25) is 0 Å². The van der Waals surface area contributed by atoms with Gasteiger partial charge in [-0.05, 0) is 43.2 Å². The molecule has 2 aromatic rings. The van der Waals surface area contributed by atoms with Crippen LogP contribution in [0.5, 0.6) is 0 Å². The van der Waals surface area contributed by atoms with E-state index in [4.69, 9.17) is 0 Å². The monoisotopic (exact) mass is 263 g/mol. The molecular weight excluding hydrogens is 242 g/mol. The highest BCUT2D eigenvalue weighted by Gasteiger charge is 2.24. The molecule has 0 N–H and O–H groups in total. The Morgan fingerprint density at radius 2 is 1.75 bits per heavy atom. The standard InChI is InChI=1S/C19H21N/c1-14-9-10-15(2)18(11-14)17-12-19(20(3)13-17)16-7-5-4-6-8-16/h4-12,19H,13H2,1-3H3. The van der Waals surface area contributed by atoms with Crippen molar-refractivity contribution in [3.63, 3.8) is 0 Å². The van der Waals surface area contributed by atoms with E-state index in [1.807, 2.05) is 0 Å². The summed E-state index contributed by atoms with van der Waals surface area (Å²) in [6.07, 6.45) is 2.41. The molecule has 0 saturated carbocycles. The number of likely N-dealkylation sites (N-methyl/N-ethyl adjacent to an activating group) is 1. The van der Waals surface area contributed by atoms with E-state index in [1.165, 1.54) is 27.8 Å². The van der Waals surface area contributed by atoms with Crippen molar-refractivity contribution in [1.82, 2.24) is 4.90 Å². The zero-order valence-electron chi connectivity index (χ0n) is 12.4. The lowest BCUT2D eigenvalue weighted by Gasteiger charge is -2.19. The molecule has 1 aliphatic heterocycles. The molecule has 20 heavy (non-hydrogen) atoms. The highest BCUT2D eigenvalue weighted by atomic mass is 15.1. The van der Waals surface area contributed by atoms with Gasteiger partial charge in [-0.15, -0.1) is 0 Å². The number of hydrogen-bond acceptors (Lipinski definition) is 1. The first-order valence-corrected chi connectivity index (χ1v) is 7.18. The molecule has 0 amide bonds. The van der Waals surface area contributed by atoms with Gasteiger partial charge in [-0.1, -0.05) is 60.2 Å². The van der Waals surface area contributed by atoms with E-state index in [-0.39, 0.29) is 0 Å². The fraction of sp³-hybridized carbons (Fsp3) is 0.263. The Hall–Kier alpha value is -1.86. The largest absolute Gasteiger partial charge is 0.292 e. The quantitative estimate of drug-likeness (QED) is 0.777. The third-order valence-electron chi connectivity index (χ3n) is 4.13. The molecule has 3 rings (SSSR count). The van der Waals surface area contributed by atoms with Gasteiger partial charge in [0, 0.05) is 6.54 Å². The predicted molar refractivity (Wildman–Crippen MR) is 85.7 cm³/mol. The topological polar surface area (TPSA) is 3.24 Å². The lowest BCUT2D eigenvalue weighted by atomic mass is 9.98. The lowest BCUT2D eigenvalue weighted by molar-refractivity contribution is 0.342. The Kier molecular flexibility index (Phi) is 3.45. The van der Waals surface area contributed by atoms with E-state index in [0.717, 1.165) is 6.54 Å². The van der Waals surface area contributed by atoms with Gasteiger partial charge in [0.2, 0.25) is 0 Å². The van der Waals surface area contributed by atoms with Gasteiger partial charge in [0.15, 0.2) is 0 Å². The van der Waals surface area contributed by atoms with E-state index >= 15 is 0 Å². The van der Waals surface area contributed by atoms with E-state index in [0.29, 0.717) is 6.04 Å². The molecule has 1 unspecified atom stereocenters. The first kappa shape index (κ1) is 13.1. The van der Waals surface area contributed by atoms with Gasteiger partial charge in [0.05, 0.1) is 6.04 Å². The van der Waals surface area contributed by atoms with Crippen molar-refractivity contribution < 1.29 is 0 Å². The van der Waals surface area contributed by atoms with Crippen LogP contribution in [0.3, 0.4) is 0 Å². The molecule has 2 aromatic carbocycles. The lowest BCUT2D eigenvalue weighted by Crippen LogP contribution is -2.18. The van der Waals surface area contributed by atoms with E-state index in [2.05, 4.69) is 80.4 Å². The van der Waals surface area contributed by atoms with Gasteiger partial charge >= 0.3 is 0 Å². The minimum absolute atomic E-state index is 0.395. The molecule has 1 atom stereocenters. The minimum Gasteiger partial charge on any atom is -0.292 e. The van der Waals surface area contributed by atoms with Crippen LogP contribution in [0.1, 0.15) is 28.3 Å². The highest BCUT2D eigenvalue weighted by molar-refractivity contribution is 5.72. The number of aryl methyl sites for hydroxylation is 2. The van der Waals surface area contributed by atoms with Crippen LogP contribution in [-0.4, -0.2) is 18.5 Å². The third-order valence-corrected chi connectivity index (χ3v) is 4.13. The SMILES string of the molecule is Cc1ccc(C)c(C2=CC(c3ccccc3)N(C)C2)c1. The zero-order valence-corrected chi connectivity index (χ0v) is 12.4. The molecule has 102 valence electrons. The first-order chi connectivity index (χ1) is 9.65. The fourth-order valence-electron chi connectivity index (χ4n) is 3.00. The molecule has 0 aromatic heterocycles. The van der Waals surface area contributed by atoms with Crippen LogP contribution in [0.4, 0.5) is 0 Å². The van der Waals surface area contributed by atoms with Gasteiger partial charge in [-0.2, -0.15) is 0 Å². The molecule has 1 heterocycles. The molecular formula is C19H21N. The van der Waals surface area contributed by atoms with E-state index in [1.54, 1.807) is 0 Å². The van der Waals surface area contributed by atoms with Crippen molar-refractivity contribution in [2.75, 3.05) is 13.6 Å². The summed E-state index contributed by atoms with van der Waals surface area (Å²) in [5, 5.41) is 0. The van der Waals surface area contributed by atoms with Crippen molar-refractivity contribution >= 4 is 5.57 Å². The number of benzene rings is 2. The summed E-state index contributed by atoms with van der Waals surface area (Å²) in [6.45, 7) is 5.38. The number of nitrogens with zero attached hydrogens (tertiary/aromatic N) is 1. The van der Waals surface area contributed by atoms with E-state index in [9.17, 15) is 0 Å². The predicted octanol–water partition coefficient (Wildman–Crippen LogP) is 4.37. The Labute approximate surface area is 121 Å². The van der Waals surface area contributed by atoms with Crippen LogP contribution in [0, 0.1) is 13.8 Å². The second-order valence-electron chi connectivity index (χ2n) is 5.78. The van der Waals surface area contributed by atoms with Crippen LogP contribution in [-0.2, 0) is 0 Å². The fourth-order valence-corrected chi connectivity index (χ4v) is 3.00. The average Bonchev–Trinajstić information content (AvgIpc) is 2.84. The van der Waals surface area contributed by atoms with Gasteiger partial charge in [0.1, 0.15) is 0 Å². The maximum Gasteiger partial charge on any atom is 0.0538 e. The van der Waals surface area contributed by atoms with Gasteiger partial charge < -0.3 is 0 Å². The molecule has 0 fully saturated rings. The maximum atomic E-state index is 2.41. The Morgan fingerprint density at radius 1 is 1.00 bits per heavy atom. The van der Waals surface area contributed by atoms with Crippen molar-refractivity contribution in [2.24, 2.45) is 0 Å². The maximum absolute atomic E-state index is 2.41. The zero-order chi connectivity index (χ0) is 14.1. The van der Waals surface area contributed by atoms with Crippen molar-refractivity contribution in [1.29, 1.82) is 0 Å². The molecule has 0 saturated heterocycles. The molecule has 1 heteroatoms. The van der Waals surface area contributed by atoms with Gasteiger partial charge in [-0.25, -0.2) is 0 Å². The Balaban J connectivity index is 1.98. The Morgan fingerprint density at radius 3 is 2.50 bits per heavy atom. The third kappa shape index (κ3) is 2.41.